The van der Waals surface area contributed by atoms with Crippen molar-refractivity contribution in [2.45, 2.75) is 88.7 Å². The molecule has 5 aliphatic rings. The minimum Gasteiger partial charge on any atom is -0.464 e. The highest BCUT2D eigenvalue weighted by molar-refractivity contribution is 6.25. The Labute approximate surface area is 229 Å². The van der Waals surface area contributed by atoms with Gasteiger partial charge in [0.1, 0.15) is 5.76 Å². The number of ether oxygens (including phenoxy) is 3. The van der Waals surface area contributed by atoms with Crippen molar-refractivity contribution in [1.29, 1.82) is 0 Å². The quantitative estimate of drug-likeness (QED) is 0.354. The summed E-state index contributed by atoms with van der Waals surface area (Å²) in [5.41, 5.74) is 0.431. The van der Waals surface area contributed by atoms with Crippen LogP contribution in [0.15, 0.2) is 36.1 Å². The molecule has 1 aromatic rings. The first-order valence-corrected chi connectivity index (χ1v) is 14.6. The molecule has 1 spiro atoms. The van der Waals surface area contributed by atoms with E-state index in [1.165, 1.54) is 5.56 Å². The van der Waals surface area contributed by atoms with Gasteiger partial charge < -0.3 is 19.1 Å². The Hall–Kier alpha value is -2.75. The Bertz CT molecular complexity index is 1170. The highest BCUT2D eigenvalue weighted by atomic mass is 16.7. The van der Waals surface area contributed by atoms with Gasteiger partial charge >= 0.3 is 12.1 Å². The molecule has 4 heterocycles. The molecule has 0 aromatic heterocycles. The molecular formula is C30H39N3O6. The average molecular weight is 538 g/mol. The molecule has 0 radical (unpaired) electrons. The van der Waals surface area contributed by atoms with Crippen LogP contribution in [0.25, 0.3) is 0 Å². The van der Waals surface area contributed by atoms with E-state index in [4.69, 9.17) is 14.2 Å². The number of nitrogens with zero attached hydrogens (tertiary/aromatic N) is 2. The SMILES string of the molecule is CCOC(=O)C12NC3OC34CCCN4CCCCCCC/C(OC(=O)N3CCc4ccccc4C3)=C/C1C2=O. The molecule has 4 atom stereocenters. The van der Waals surface area contributed by atoms with Crippen molar-refractivity contribution in [3.8, 4) is 0 Å². The zero-order chi connectivity index (χ0) is 27.0. The number of carbonyl (C=O) groups is 3. The molecule has 9 nitrogen and oxygen atoms in total. The number of esters is 1. The molecule has 3 fully saturated rings. The van der Waals surface area contributed by atoms with Crippen LogP contribution in [-0.2, 0) is 36.8 Å². The number of Topliss-reactive ketones (excluding diaryl/α,β-unsaturated/α-hetero) is 1. The van der Waals surface area contributed by atoms with Crippen LogP contribution >= 0.6 is 0 Å². The largest absolute Gasteiger partial charge is 0.464 e. The maximum absolute atomic E-state index is 13.3. The number of rotatable bonds is 3. The molecule has 1 N–H and O–H groups in total. The van der Waals surface area contributed by atoms with Crippen LogP contribution in [0.2, 0.25) is 0 Å². The molecule has 4 aliphatic heterocycles. The van der Waals surface area contributed by atoms with E-state index >= 15 is 0 Å². The number of allylic oxidation sites excluding steroid dienone is 1. The number of ketones is 1. The predicted molar refractivity (Wildman–Crippen MR) is 142 cm³/mol. The van der Waals surface area contributed by atoms with E-state index in [1.54, 1.807) is 17.9 Å². The lowest BCUT2D eigenvalue weighted by Crippen LogP contribution is -2.49. The molecule has 1 amide bonds. The zero-order valence-electron chi connectivity index (χ0n) is 22.8. The van der Waals surface area contributed by atoms with Gasteiger partial charge in [0.15, 0.2) is 23.3 Å². The summed E-state index contributed by atoms with van der Waals surface area (Å²) in [6.45, 7) is 4.89. The summed E-state index contributed by atoms with van der Waals surface area (Å²) < 4.78 is 17.5. The number of hydrogen-bond acceptors (Lipinski definition) is 8. The maximum Gasteiger partial charge on any atom is 0.415 e. The Kier molecular flexibility index (Phi) is 7.24. The van der Waals surface area contributed by atoms with E-state index < -0.39 is 35.5 Å². The fourth-order valence-corrected chi connectivity index (χ4v) is 6.65. The van der Waals surface area contributed by atoms with Crippen LogP contribution in [0.5, 0.6) is 0 Å². The van der Waals surface area contributed by atoms with Crippen LogP contribution in [0.3, 0.4) is 0 Å². The molecule has 9 heteroatoms. The highest BCUT2D eigenvalue weighted by Gasteiger charge is 2.75. The highest BCUT2D eigenvalue weighted by Crippen LogP contribution is 2.51. The lowest BCUT2D eigenvalue weighted by molar-refractivity contribution is -0.148. The first-order chi connectivity index (χ1) is 19.0. The molecule has 1 saturated carbocycles. The van der Waals surface area contributed by atoms with Crippen LogP contribution in [-0.4, -0.2) is 71.4 Å². The van der Waals surface area contributed by atoms with Crippen molar-refractivity contribution >= 4 is 17.8 Å². The molecule has 39 heavy (non-hydrogen) atoms. The number of benzene rings is 1. The Morgan fingerprint density at radius 2 is 1.79 bits per heavy atom. The fraction of sp³-hybridized carbons (Fsp3) is 0.633. The standard InChI is InChI=1S/C30H39N3O6/c1-2-37-27(35)30-24(25(30)34)19-23(38-28(36)32-18-14-21-11-7-8-12-22(21)20-32)13-6-4-3-5-9-16-33-17-10-15-29(33)26(31-30)39-29/h7-8,11-12,19,24,26,31H,2-6,9-10,13-18,20H2,1H3/b23-19-. The fourth-order valence-electron chi connectivity index (χ4n) is 6.65. The zero-order valence-corrected chi connectivity index (χ0v) is 22.8. The van der Waals surface area contributed by atoms with Gasteiger partial charge in [-0.1, -0.05) is 43.5 Å². The van der Waals surface area contributed by atoms with Gasteiger partial charge in [0.05, 0.1) is 12.5 Å². The van der Waals surface area contributed by atoms with Crippen molar-refractivity contribution in [3.63, 3.8) is 0 Å². The monoisotopic (exact) mass is 537 g/mol. The Morgan fingerprint density at radius 1 is 1.03 bits per heavy atom. The van der Waals surface area contributed by atoms with Gasteiger partial charge in [0.25, 0.3) is 0 Å². The topological polar surface area (TPSA) is 101 Å². The van der Waals surface area contributed by atoms with Gasteiger partial charge in [0, 0.05) is 32.6 Å². The number of amides is 1. The molecule has 4 unspecified atom stereocenters. The molecule has 0 bridgehead atoms. The van der Waals surface area contributed by atoms with Crippen molar-refractivity contribution < 1.29 is 28.6 Å². The third-order valence-electron chi connectivity index (χ3n) is 8.99. The van der Waals surface area contributed by atoms with Gasteiger partial charge in [-0.05, 0) is 56.2 Å². The molecule has 6 rings (SSSR count). The molecule has 1 aromatic carbocycles. The third-order valence-corrected chi connectivity index (χ3v) is 8.99. The van der Waals surface area contributed by atoms with Crippen LogP contribution in [0.4, 0.5) is 4.79 Å². The predicted octanol–water partition coefficient (Wildman–Crippen LogP) is 3.66. The summed E-state index contributed by atoms with van der Waals surface area (Å²) in [7, 11) is 0. The maximum atomic E-state index is 13.3. The van der Waals surface area contributed by atoms with E-state index in [1.807, 2.05) is 18.2 Å². The van der Waals surface area contributed by atoms with E-state index in [0.29, 0.717) is 25.3 Å². The molecular weight excluding hydrogens is 498 g/mol. The summed E-state index contributed by atoms with van der Waals surface area (Å²) in [6.07, 6.45) is 9.25. The number of epoxide rings is 1. The van der Waals surface area contributed by atoms with E-state index in [-0.39, 0.29) is 12.4 Å². The summed E-state index contributed by atoms with van der Waals surface area (Å²) in [4.78, 5) is 43.9. The minimum atomic E-state index is -1.50. The average Bonchev–Trinajstić information content (AvgIpc) is 3.71. The molecule has 210 valence electrons. The van der Waals surface area contributed by atoms with Crippen LogP contribution in [0.1, 0.15) is 69.4 Å². The van der Waals surface area contributed by atoms with Gasteiger partial charge in [0.2, 0.25) is 0 Å². The van der Waals surface area contributed by atoms with E-state index in [9.17, 15) is 14.4 Å². The second-order valence-corrected chi connectivity index (χ2v) is 11.4. The normalized spacial score (nSPS) is 34.1. The second-order valence-electron chi connectivity index (χ2n) is 11.4. The summed E-state index contributed by atoms with van der Waals surface area (Å²) in [6, 6.07) is 8.14. The van der Waals surface area contributed by atoms with Gasteiger partial charge in [-0.2, -0.15) is 0 Å². The third kappa shape index (κ3) is 4.89. The van der Waals surface area contributed by atoms with Crippen LogP contribution < -0.4 is 5.32 Å². The summed E-state index contributed by atoms with van der Waals surface area (Å²) in [5.74, 6) is -1.16. The van der Waals surface area contributed by atoms with Crippen LogP contribution in [0, 0.1) is 5.92 Å². The first-order valence-electron chi connectivity index (χ1n) is 14.6. The van der Waals surface area contributed by atoms with E-state index in [0.717, 1.165) is 70.0 Å². The van der Waals surface area contributed by atoms with Crippen molar-refractivity contribution in [2.75, 3.05) is 26.2 Å². The second kappa shape index (κ2) is 10.7. The van der Waals surface area contributed by atoms with Gasteiger partial charge in [-0.15, -0.1) is 0 Å². The summed E-state index contributed by atoms with van der Waals surface area (Å²) in [5, 5.41) is 3.27. The molecule has 1 aliphatic carbocycles. The number of hydrogen-bond donors (Lipinski definition) is 1. The molecule has 2 saturated heterocycles. The van der Waals surface area contributed by atoms with Crippen molar-refractivity contribution in [2.24, 2.45) is 5.92 Å². The summed E-state index contributed by atoms with van der Waals surface area (Å²) >= 11 is 0. The van der Waals surface area contributed by atoms with Crippen molar-refractivity contribution in [3.05, 3.63) is 47.2 Å². The first kappa shape index (κ1) is 26.5. The number of carbonyl (C=O) groups excluding carboxylic acids is 3. The smallest absolute Gasteiger partial charge is 0.415 e. The Morgan fingerprint density at radius 3 is 2.64 bits per heavy atom. The van der Waals surface area contributed by atoms with Gasteiger partial charge in [-0.3, -0.25) is 15.0 Å². The van der Waals surface area contributed by atoms with E-state index in [2.05, 4.69) is 16.3 Å². The number of nitrogens with one attached hydrogen (secondary N) is 1. The minimum absolute atomic E-state index is 0.174. The number of fused-ring (bicyclic) bond motifs is 2. The lowest BCUT2D eigenvalue weighted by Gasteiger charge is -2.28. The lowest BCUT2D eigenvalue weighted by atomic mass is 10.0. The van der Waals surface area contributed by atoms with Gasteiger partial charge in [-0.25, -0.2) is 9.59 Å². The Balaban J connectivity index is 1.23. The van der Waals surface area contributed by atoms with Crippen molar-refractivity contribution in [1.82, 2.24) is 15.1 Å².